The van der Waals surface area contributed by atoms with Crippen molar-refractivity contribution in [2.75, 3.05) is 0 Å². The van der Waals surface area contributed by atoms with Gasteiger partial charge in [0.05, 0.1) is 22.4 Å². The molecule has 0 aliphatic heterocycles. The summed E-state index contributed by atoms with van der Waals surface area (Å²) in [5.41, 5.74) is 4.08. The third-order valence-corrected chi connectivity index (χ3v) is 3.67. The van der Waals surface area contributed by atoms with E-state index in [1.54, 1.807) is 0 Å². The second kappa shape index (κ2) is 6.52. The Morgan fingerprint density at radius 2 is 2.12 bits per heavy atom. The van der Waals surface area contributed by atoms with Gasteiger partial charge in [0, 0.05) is 6.04 Å². The van der Waals surface area contributed by atoms with Crippen LogP contribution in [-0.4, -0.2) is 9.78 Å². The summed E-state index contributed by atoms with van der Waals surface area (Å²) < 4.78 is 3.05. The summed E-state index contributed by atoms with van der Waals surface area (Å²) in [6.45, 7) is 8.67. The highest BCUT2D eigenvalue weighted by molar-refractivity contribution is 9.10. The van der Waals surface area contributed by atoms with Crippen molar-refractivity contribution in [2.45, 2.75) is 52.6 Å². The van der Waals surface area contributed by atoms with Crippen molar-refractivity contribution in [3.63, 3.8) is 0 Å². The van der Waals surface area contributed by atoms with Crippen molar-refractivity contribution in [3.05, 3.63) is 16.4 Å². The number of nitrogens with one attached hydrogen (secondary N) is 1. The van der Waals surface area contributed by atoms with Gasteiger partial charge in [-0.3, -0.25) is 16.0 Å². The van der Waals surface area contributed by atoms with E-state index in [0.717, 1.165) is 23.0 Å². The van der Waals surface area contributed by atoms with Gasteiger partial charge in [-0.2, -0.15) is 5.10 Å². The summed E-state index contributed by atoms with van der Waals surface area (Å²) in [4.78, 5) is 0. The second-order valence-electron chi connectivity index (χ2n) is 4.83. The van der Waals surface area contributed by atoms with Crippen LogP contribution in [0.2, 0.25) is 0 Å². The molecule has 4 nitrogen and oxygen atoms in total. The first-order valence-electron chi connectivity index (χ1n) is 6.21. The van der Waals surface area contributed by atoms with Gasteiger partial charge in [-0.15, -0.1) is 0 Å². The molecule has 0 fully saturated rings. The molecule has 5 heteroatoms. The molecule has 98 valence electrons. The summed E-state index contributed by atoms with van der Waals surface area (Å²) in [7, 11) is 0. The predicted octanol–water partition coefficient (Wildman–Crippen LogP) is 3.17. The maximum absolute atomic E-state index is 5.72. The first-order valence-corrected chi connectivity index (χ1v) is 7.01. The molecule has 0 spiro atoms. The van der Waals surface area contributed by atoms with E-state index < -0.39 is 0 Å². The zero-order chi connectivity index (χ0) is 13.0. The van der Waals surface area contributed by atoms with E-state index >= 15 is 0 Å². The Morgan fingerprint density at radius 1 is 1.47 bits per heavy atom. The lowest BCUT2D eigenvalue weighted by molar-refractivity contribution is 0.337. The molecular weight excluding hydrogens is 280 g/mol. The molecule has 1 aromatic heterocycles. The van der Waals surface area contributed by atoms with Crippen molar-refractivity contribution in [2.24, 2.45) is 11.8 Å². The number of halogens is 1. The Labute approximate surface area is 112 Å². The fourth-order valence-corrected chi connectivity index (χ4v) is 2.71. The van der Waals surface area contributed by atoms with Gasteiger partial charge < -0.3 is 0 Å². The van der Waals surface area contributed by atoms with Gasteiger partial charge in [-0.1, -0.05) is 20.3 Å². The topological polar surface area (TPSA) is 55.9 Å². The maximum Gasteiger partial charge on any atom is 0.0714 e. The van der Waals surface area contributed by atoms with Crippen molar-refractivity contribution in [1.29, 1.82) is 0 Å². The lowest BCUT2D eigenvalue weighted by Crippen LogP contribution is -2.34. The summed E-state index contributed by atoms with van der Waals surface area (Å²) in [5.74, 6) is 6.20. The van der Waals surface area contributed by atoms with Crippen LogP contribution in [0.25, 0.3) is 0 Å². The number of hydrogen-bond acceptors (Lipinski definition) is 3. The Hall–Kier alpha value is -0.390. The van der Waals surface area contributed by atoms with Gasteiger partial charge >= 0.3 is 0 Å². The molecule has 2 atom stereocenters. The minimum Gasteiger partial charge on any atom is -0.271 e. The van der Waals surface area contributed by atoms with E-state index in [1.165, 1.54) is 0 Å². The molecule has 3 N–H and O–H groups in total. The Morgan fingerprint density at radius 3 is 2.59 bits per heavy atom. The van der Waals surface area contributed by atoms with E-state index in [9.17, 15) is 0 Å². The van der Waals surface area contributed by atoms with Crippen molar-refractivity contribution in [1.82, 2.24) is 15.2 Å². The highest BCUT2D eigenvalue weighted by Crippen LogP contribution is 2.31. The van der Waals surface area contributed by atoms with Crippen LogP contribution in [0.15, 0.2) is 10.7 Å². The average molecular weight is 303 g/mol. The van der Waals surface area contributed by atoms with Gasteiger partial charge in [-0.25, -0.2) is 0 Å². The highest BCUT2D eigenvalue weighted by Gasteiger charge is 2.24. The average Bonchev–Trinajstić information content (AvgIpc) is 2.63. The second-order valence-corrected chi connectivity index (χ2v) is 5.68. The number of nitrogens with two attached hydrogens (primary N) is 1. The Kier molecular flexibility index (Phi) is 5.62. The molecule has 0 amide bonds. The van der Waals surface area contributed by atoms with Crippen LogP contribution in [0.4, 0.5) is 0 Å². The highest BCUT2D eigenvalue weighted by atomic mass is 79.9. The van der Waals surface area contributed by atoms with Gasteiger partial charge in [0.15, 0.2) is 0 Å². The van der Waals surface area contributed by atoms with Crippen LogP contribution in [-0.2, 0) is 0 Å². The summed E-state index contributed by atoms with van der Waals surface area (Å²) in [6, 6.07) is 0.468. The van der Waals surface area contributed by atoms with Crippen LogP contribution in [0.1, 0.15) is 58.3 Å². The van der Waals surface area contributed by atoms with Crippen LogP contribution < -0.4 is 11.3 Å². The number of rotatable bonds is 6. The molecule has 0 saturated heterocycles. The van der Waals surface area contributed by atoms with E-state index in [4.69, 9.17) is 5.84 Å². The minimum absolute atomic E-state index is 0.134. The van der Waals surface area contributed by atoms with E-state index in [2.05, 4.69) is 54.1 Å². The van der Waals surface area contributed by atoms with Crippen LogP contribution >= 0.6 is 15.9 Å². The zero-order valence-electron chi connectivity index (χ0n) is 11.1. The third-order valence-electron chi connectivity index (χ3n) is 3.06. The first-order chi connectivity index (χ1) is 8.02. The zero-order valence-corrected chi connectivity index (χ0v) is 12.7. The van der Waals surface area contributed by atoms with Crippen LogP contribution in [0, 0.1) is 5.92 Å². The predicted molar refractivity (Wildman–Crippen MR) is 74.4 cm³/mol. The molecule has 0 aliphatic rings. The summed E-state index contributed by atoms with van der Waals surface area (Å²) >= 11 is 3.57. The molecule has 2 unspecified atom stereocenters. The van der Waals surface area contributed by atoms with Crippen LogP contribution in [0.5, 0.6) is 0 Å². The van der Waals surface area contributed by atoms with Gasteiger partial charge in [-0.05, 0) is 42.1 Å². The largest absolute Gasteiger partial charge is 0.271 e. The maximum atomic E-state index is 5.72. The van der Waals surface area contributed by atoms with Gasteiger partial charge in [0.1, 0.15) is 0 Å². The van der Waals surface area contributed by atoms with Crippen molar-refractivity contribution >= 4 is 15.9 Å². The number of hydrazine groups is 1. The molecule has 0 radical (unpaired) electrons. The monoisotopic (exact) mass is 302 g/mol. The fraction of sp³-hybridized carbons (Fsp3) is 0.750. The lowest BCUT2D eigenvalue weighted by Gasteiger charge is -2.25. The van der Waals surface area contributed by atoms with Crippen LogP contribution in [0.3, 0.4) is 0 Å². The number of nitrogens with zero attached hydrogens (tertiary/aromatic N) is 2. The van der Waals surface area contributed by atoms with Crippen molar-refractivity contribution in [3.8, 4) is 0 Å². The Balaban J connectivity index is 3.06. The molecule has 0 aliphatic carbocycles. The molecule has 1 aromatic rings. The smallest absolute Gasteiger partial charge is 0.0714 e. The standard InChI is InChI=1S/C12H23BrN4/c1-5-6-9(4)11(16-14)12-10(13)7-15-17(12)8(2)3/h7-9,11,16H,5-6,14H2,1-4H3. The lowest BCUT2D eigenvalue weighted by atomic mass is 9.94. The molecule has 1 rings (SSSR count). The third kappa shape index (κ3) is 3.30. The van der Waals surface area contributed by atoms with E-state index in [0.29, 0.717) is 12.0 Å². The number of aromatic nitrogens is 2. The Bertz CT molecular complexity index is 348. The van der Waals surface area contributed by atoms with Gasteiger partial charge in [0.25, 0.3) is 0 Å². The summed E-state index contributed by atoms with van der Waals surface area (Å²) in [6.07, 6.45) is 4.15. The molecular formula is C12H23BrN4. The molecule has 17 heavy (non-hydrogen) atoms. The molecule has 0 bridgehead atoms. The quantitative estimate of drug-likeness (QED) is 0.627. The van der Waals surface area contributed by atoms with E-state index in [1.807, 2.05) is 10.9 Å². The number of hydrogen-bond donors (Lipinski definition) is 2. The SMILES string of the molecule is CCCC(C)C(NN)c1c(Br)cnn1C(C)C. The molecule has 1 heterocycles. The van der Waals surface area contributed by atoms with E-state index in [-0.39, 0.29) is 6.04 Å². The molecule has 0 saturated carbocycles. The first kappa shape index (κ1) is 14.7. The van der Waals surface area contributed by atoms with Gasteiger partial charge in [0.2, 0.25) is 0 Å². The summed E-state index contributed by atoms with van der Waals surface area (Å²) in [5, 5.41) is 4.40. The fourth-order valence-electron chi connectivity index (χ4n) is 2.19. The normalized spacial score (nSPS) is 15.2. The minimum atomic E-state index is 0.134. The molecule has 0 aromatic carbocycles. The van der Waals surface area contributed by atoms with Crippen molar-refractivity contribution < 1.29 is 0 Å².